The summed E-state index contributed by atoms with van der Waals surface area (Å²) in [7, 11) is -3.34. The van der Waals surface area contributed by atoms with Crippen molar-refractivity contribution < 1.29 is 8.42 Å². The molecule has 0 radical (unpaired) electrons. The number of benzene rings is 1. The van der Waals surface area contributed by atoms with Gasteiger partial charge in [-0.15, -0.1) is 0 Å². The van der Waals surface area contributed by atoms with Crippen LogP contribution in [0.3, 0.4) is 0 Å². The molecule has 2 aliphatic rings. The Balaban J connectivity index is 1.91. The largest absolute Gasteiger partial charge is 0.309 e. The lowest BCUT2D eigenvalue weighted by Crippen LogP contribution is -2.42. The van der Waals surface area contributed by atoms with Gasteiger partial charge in [-0.1, -0.05) is 19.9 Å². The molecule has 0 bridgehead atoms. The molecule has 3 rings (SSSR count). The van der Waals surface area contributed by atoms with Crippen LogP contribution in [0.1, 0.15) is 31.4 Å². The van der Waals surface area contributed by atoms with Crippen molar-refractivity contribution in [1.82, 2.24) is 9.62 Å². The summed E-state index contributed by atoms with van der Waals surface area (Å²) in [6, 6.07) is 5.54. The Morgan fingerprint density at radius 1 is 1.10 bits per heavy atom. The Morgan fingerprint density at radius 2 is 1.75 bits per heavy atom. The maximum Gasteiger partial charge on any atom is 0.243 e. The first-order chi connectivity index (χ1) is 9.46. The second kappa shape index (κ2) is 5.13. The van der Waals surface area contributed by atoms with Gasteiger partial charge >= 0.3 is 0 Å². The first kappa shape index (κ1) is 14.0. The van der Waals surface area contributed by atoms with Crippen molar-refractivity contribution in [2.75, 3.05) is 13.1 Å². The van der Waals surface area contributed by atoms with Gasteiger partial charge in [0.1, 0.15) is 0 Å². The Kier molecular flexibility index (Phi) is 3.60. The molecule has 2 aliphatic heterocycles. The zero-order valence-corrected chi connectivity index (χ0v) is 12.9. The number of nitrogens with one attached hydrogen (secondary N) is 1. The van der Waals surface area contributed by atoms with E-state index < -0.39 is 10.0 Å². The van der Waals surface area contributed by atoms with E-state index in [0.29, 0.717) is 29.8 Å². The van der Waals surface area contributed by atoms with Gasteiger partial charge in [0.15, 0.2) is 0 Å². The Morgan fingerprint density at radius 3 is 2.45 bits per heavy atom. The second-order valence-electron chi connectivity index (χ2n) is 6.30. The monoisotopic (exact) mass is 294 g/mol. The zero-order valence-electron chi connectivity index (χ0n) is 12.1. The van der Waals surface area contributed by atoms with Crippen molar-refractivity contribution in [1.29, 1.82) is 0 Å². The van der Waals surface area contributed by atoms with E-state index in [2.05, 4.69) is 19.2 Å². The normalized spacial score (nSPS) is 27.5. The molecule has 1 aromatic carbocycles. The molecule has 2 heterocycles. The van der Waals surface area contributed by atoms with Crippen LogP contribution in [-0.4, -0.2) is 25.8 Å². The number of hydrogen-bond donors (Lipinski definition) is 1. The molecule has 0 amide bonds. The van der Waals surface area contributed by atoms with E-state index in [1.807, 2.05) is 12.1 Å². The van der Waals surface area contributed by atoms with Crippen molar-refractivity contribution in [2.24, 2.45) is 11.8 Å². The summed E-state index contributed by atoms with van der Waals surface area (Å²) in [6.07, 6.45) is 1.11. The van der Waals surface area contributed by atoms with Crippen LogP contribution in [0, 0.1) is 11.8 Å². The van der Waals surface area contributed by atoms with Crippen molar-refractivity contribution in [3.63, 3.8) is 0 Å². The molecule has 0 aromatic heterocycles. The van der Waals surface area contributed by atoms with Crippen LogP contribution in [0.2, 0.25) is 0 Å². The first-order valence-electron chi connectivity index (χ1n) is 7.29. The summed E-state index contributed by atoms with van der Waals surface area (Å²) in [6.45, 7) is 7.15. The van der Waals surface area contributed by atoms with Gasteiger partial charge in [-0.3, -0.25) is 0 Å². The van der Waals surface area contributed by atoms with Crippen LogP contribution in [0.15, 0.2) is 23.1 Å². The fourth-order valence-electron chi connectivity index (χ4n) is 3.38. The van der Waals surface area contributed by atoms with E-state index in [1.54, 1.807) is 10.4 Å². The molecule has 20 heavy (non-hydrogen) atoms. The lowest BCUT2D eigenvalue weighted by molar-refractivity contribution is 0.222. The van der Waals surface area contributed by atoms with Crippen LogP contribution in [0.25, 0.3) is 0 Å². The van der Waals surface area contributed by atoms with Crippen LogP contribution in [-0.2, 0) is 23.1 Å². The molecule has 0 aliphatic carbocycles. The molecule has 1 fully saturated rings. The highest BCUT2D eigenvalue weighted by Gasteiger charge is 2.32. The summed E-state index contributed by atoms with van der Waals surface area (Å²) < 4.78 is 27.2. The lowest BCUT2D eigenvalue weighted by atomic mass is 9.94. The molecule has 4 nitrogen and oxygen atoms in total. The molecule has 2 atom stereocenters. The molecule has 1 saturated heterocycles. The average Bonchev–Trinajstić information content (AvgIpc) is 2.84. The van der Waals surface area contributed by atoms with E-state index in [1.165, 1.54) is 5.56 Å². The molecule has 2 unspecified atom stereocenters. The maximum atomic E-state index is 12.8. The molecule has 110 valence electrons. The van der Waals surface area contributed by atoms with Crippen molar-refractivity contribution >= 4 is 10.0 Å². The maximum absolute atomic E-state index is 12.8. The standard InChI is InChI=1S/C15H22N2O2S/c1-11-5-12(2)10-17(9-11)20(18,19)15-4-3-13-7-16-8-14(13)6-15/h3-4,6,11-12,16H,5,7-10H2,1-2H3. The molecular weight excluding hydrogens is 272 g/mol. The number of sulfonamides is 1. The highest BCUT2D eigenvalue weighted by molar-refractivity contribution is 7.89. The van der Waals surface area contributed by atoms with Crippen LogP contribution in [0.4, 0.5) is 0 Å². The van der Waals surface area contributed by atoms with Crippen molar-refractivity contribution in [3.8, 4) is 0 Å². The first-order valence-corrected chi connectivity index (χ1v) is 8.73. The summed E-state index contributed by atoms with van der Waals surface area (Å²) in [5.74, 6) is 0.870. The number of hydrogen-bond acceptors (Lipinski definition) is 3. The molecule has 0 spiro atoms. The van der Waals surface area contributed by atoms with E-state index in [-0.39, 0.29) is 0 Å². The molecule has 5 heteroatoms. The Bertz CT molecular complexity index is 602. The third-order valence-corrected chi connectivity index (χ3v) is 6.11. The average molecular weight is 294 g/mol. The second-order valence-corrected chi connectivity index (χ2v) is 8.24. The van der Waals surface area contributed by atoms with Gasteiger partial charge < -0.3 is 5.32 Å². The topological polar surface area (TPSA) is 49.4 Å². The number of rotatable bonds is 2. The summed E-state index contributed by atoms with van der Waals surface area (Å²) >= 11 is 0. The minimum atomic E-state index is -3.34. The third kappa shape index (κ3) is 2.50. The highest BCUT2D eigenvalue weighted by atomic mass is 32.2. The quantitative estimate of drug-likeness (QED) is 0.907. The van der Waals surface area contributed by atoms with Gasteiger partial charge in [-0.05, 0) is 41.5 Å². The fourth-order valence-corrected chi connectivity index (χ4v) is 5.11. The molecule has 1 N–H and O–H groups in total. The van der Waals surface area contributed by atoms with Gasteiger partial charge in [0.25, 0.3) is 0 Å². The smallest absolute Gasteiger partial charge is 0.243 e. The minimum absolute atomic E-state index is 0.435. The SMILES string of the molecule is CC1CC(C)CN(S(=O)(=O)c2ccc3c(c2)CNC3)C1. The summed E-state index contributed by atoms with van der Waals surface area (Å²) in [4.78, 5) is 0.446. The molecule has 0 saturated carbocycles. The molecule has 1 aromatic rings. The van der Waals surface area contributed by atoms with Crippen LogP contribution < -0.4 is 5.32 Å². The van der Waals surface area contributed by atoms with Crippen molar-refractivity contribution in [2.45, 2.75) is 38.3 Å². The third-order valence-electron chi connectivity index (χ3n) is 4.28. The predicted molar refractivity (Wildman–Crippen MR) is 78.7 cm³/mol. The van der Waals surface area contributed by atoms with Crippen LogP contribution in [0.5, 0.6) is 0 Å². The lowest BCUT2D eigenvalue weighted by Gasteiger charge is -2.34. The zero-order chi connectivity index (χ0) is 14.3. The van der Waals surface area contributed by atoms with Crippen LogP contribution >= 0.6 is 0 Å². The fraction of sp³-hybridized carbons (Fsp3) is 0.600. The summed E-state index contributed by atoms with van der Waals surface area (Å²) in [5.41, 5.74) is 2.33. The Labute approximate surface area is 121 Å². The number of piperidine rings is 1. The minimum Gasteiger partial charge on any atom is -0.309 e. The highest BCUT2D eigenvalue weighted by Crippen LogP contribution is 2.28. The Hall–Kier alpha value is -0.910. The van der Waals surface area contributed by atoms with Crippen molar-refractivity contribution in [3.05, 3.63) is 29.3 Å². The van der Waals surface area contributed by atoms with Gasteiger partial charge in [0.05, 0.1) is 4.90 Å². The number of fused-ring (bicyclic) bond motifs is 1. The summed E-state index contributed by atoms with van der Waals surface area (Å²) in [5, 5.41) is 3.25. The van der Waals surface area contributed by atoms with E-state index >= 15 is 0 Å². The van der Waals surface area contributed by atoms with Gasteiger partial charge in [-0.2, -0.15) is 4.31 Å². The number of nitrogens with zero attached hydrogens (tertiary/aromatic N) is 1. The van der Waals surface area contributed by atoms with Gasteiger partial charge in [0, 0.05) is 26.2 Å². The van der Waals surface area contributed by atoms with E-state index in [4.69, 9.17) is 0 Å². The van der Waals surface area contributed by atoms with Gasteiger partial charge in [-0.25, -0.2) is 8.42 Å². The molecular formula is C15H22N2O2S. The van der Waals surface area contributed by atoms with E-state index in [0.717, 1.165) is 25.1 Å². The van der Waals surface area contributed by atoms with E-state index in [9.17, 15) is 8.42 Å². The predicted octanol–water partition coefficient (Wildman–Crippen LogP) is 1.96. The van der Waals surface area contributed by atoms with Gasteiger partial charge in [0.2, 0.25) is 10.0 Å².